The molecule has 0 atom stereocenters. The van der Waals surface area contributed by atoms with Crippen molar-refractivity contribution in [1.82, 2.24) is 4.57 Å². The van der Waals surface area contributed by atoms with E-state index in [2.05, 4.69) is 15.9 Å². The summed E-state index contributed by atoms with van der Waals surface area (Å²) in [5.41, 5.74) is 0.407. The van der Waals surface area contributed by atoms with Gasteiger partial charge in [0.2, 0.25) is 0 Å². The highest BCUT2D eigenvalue weighted by atomic mass is 79.9. The maximum absolute atomic E-state index is 13.7. The van der Waals surface area contributed by atoms with Gasteiger partial charge in [0.05, 0.1) is 11.9 Å². The van der Waals surface area contributed by atoms with Gasteiger partial charge >= 0.3 is 0 Å². The third kappa shape index (κ3) is 2.35. The first-order valence-corrected chi connectivity index (χ1v) is 7.33. The molecule has 5 heteroatoms. The van der Waals surface area contributed by atoms with Crippen molar-refractivity contribution in [3.05, 3.63) is 68.1 Å². The Morgan fingerprint density at radius 3 is 2.95 bits per heavy atom. The second kappa shape index (κ2) is 4.90. The molecule has 0 saturated carbocycles. The van der Waals surface area contributed by atoms with Crippen LogP contribution in [0.4, 0.5) is 4.39 Å². The average Bonchev–Trinajstić information content (AvgIpc) is 2.86. The Hall–Kier alpha value is -1.46. The molecule has 0 N–H and O–H groups in total. The molecule has 2 aromatic heterocycles. The molecular weight excluding hydrogens is 329 g/mol. The van der Waals surface area contributed by atoms with E-state index in [1.807, 2.05) is 11.4 Å². The molecule has 0 radical (unpaired) electrons. The fraction of sp³-hybridized carbons (Fsp3) is 0.0714. The van der Waals surface area contributed by atoms with Gasteiger partial charge in [-0.15, -0.1) is 11.3 Å². The largest absolute Gasteiger partial charge is 0.310 e. The predicted molar refractivity (Wildman–Crippen MR) is 79.3 cm³/mol. The number of halogens is 2. The quantitative estimate of drug-likeness (QED) is 0.692. The number of fused-ring (bicyclic) bond motifs is 1. The van der Waals surface area contributed by atoms with Gasteiger partial charge in [0.25, 0.3) is 5.56 Å². The van der Waals surface area contributed by atoms with Crippen molar-refractivity contribution in [3.63, 3.8) is 0 Å². The summed E-state index contributed by atoms with van der Waals surface area (Å²) in [7, 11) is 0. The topological polar surface area (TPSA) is 22.0 Å². The molecule has 0 fully saturated rings. The lowest BCUT2D eigenvalue weighted by molar-refractivity contribution is 0.596. The molecule has 0 bridgehead atoms. The van der Waals surface area contributed by atoms with Crippen LogP contribution in [0, 0.1) is 5.82 Å². The third-order valence-corrected chi connectivity index (χ3v) is 4.32. The summed E-state index contributed by atoms with van der Waals surface area (Å²) in [6.45, 7) is 0.232. The van der Waals surface area contributed by atoms with Gasteiger partial charge in [-0.05, 0) is 35.7 Å². The second-order valence-electron chi connectivity index (χ2n) is 4.18. The molecule has 0 unspecified atom stereocenters. The Kier molecular flexibility index (Phi) is 3.24. The fourth-order valence-corrected chi connectivity index (χ4v) is 3.16. The van der Waals surface area contributed by atoms with E-state index >= 15 is 0 Å². The lowest BCUT2D eigenvalue weighted by atomic mass is 10.2. The zero-order valence-corrected chi connectivity index (χ0v) is 12.2. The van der Waals surface area contributed by atoms with Crippen LogP contribution in [-0.4, -0.2) is 4.57 Å². The average molecular weight is 338 g/mol. The van der Waals surface area contributed by atoms with Crippen LogP contribution in [0.15, 0.2) is 51.2 Å². The number of pyridine rings is 1. The summed E-state index contributed by atoms with van der Waals surface area (Å²) in [6.07, 6.45) is 1.71. The van der Waals surface area contributed by atoms with Gasteiger partial charge in [0.1, 0.15) is 5.82 Å². The van der Waals surface area contributed by atoms with E-state index in [0.29, 0.717) is 10.9 Å². The first-order valence-electron chi connectivity index (χ1n) is 5.66. The summed E-state index contributed by atoms with van der Waals surface area (Å²) < 4.78 is 17.0. The summed E-state index contributed by atoms with van der Waals surface area (Å²) in [5.74, 6) is -0.305. The molecule has 2 heterocycles. The Labute approximate surface area is 121 Å². The molecule has 0 amide bonds. The highest BCUT2D eigenvalue weighted by Gasteiger charge is 2.07. The van der Waals surface area contributed by atoms with Crippen molar-refractivity contribution < 1.29 is 4.39 Å². The Morgan fingerprint density at radius 1 is 1.26 bits per heavy atom. The maximum Gasteiger partial charge on any atom is 0.259 e. The van der Waals surface area contributed by atoms with Crippen LogP contribution in [-0.2, 0) is 6.54 Å². The SMILES string of the molecule is O=c1c2ccsc2ccn1Cc1cc(Br)ccc1F. The third-order valence-electron chi connectivity index (χ3n) is 2.94. The first kappa shape index (κ1) is 12.6. The van der Waals surface area contributed by atoms with Crippen molar-refractivity contribution in [1.29, 1.82) is 0 Å². The van der Waals surface area contributed by atoms with E-state index in [4.69, 9.17) is 0 Å². The predicted octanol–water partition coefficient (Wildman–Crippen LogP) is 4.01. The Balaban J connectivity index is 2.08. The van der Waals surface area contributed by atoms with Crippen molar-refractivity contribution in [2.45, 2.75) is 6.54 Å². The van der Waals surface area contributed by atoms with Crippen LogP contribution in [0.3, 0.4) is 0 Å². The van der Waals surface area contributed by atoms with Gasteiger partial charge in [-0.25, -0.2) is 4.39 Å². The normalized spacial score (nSPS) is 11.1. The number of benzene rings is 1. The molecule has 0 aliphatic carbocycles. The summed E-state index contributed by atoms with van der Waals surface area (Å²) in [5, 5.41) is 2.57. The molecule has 1 aromatic carbocycles. The van der Waals surface area contributed by atoms with E-state index < -0.39 is 0 Å². The van der Waals surface area contributed by atoms with Crippen molar-refractivity contribution in [2.75, 3.05) is 0 Å². The number of thiophene rings is 1. The number of hydrogen-bond donors (Lipinski definition) is 0. The van der Waals surface area contributed by atoms with Crippen LogP contribution >= 0.6 is 27.3 Å². The van der Waals surface area contributed by atoms with Crippen molar-refractivity contribution in [3.8, 4) is 0 Å². The van der Waals surface area contributed by atoms with Gasteiger partial charge in [-0.3, -0.25) is 4.79 Å². The van der Waals surface area contributed by atoms with E-state index in [1.165, 1.54) is 22.0 Å². The summed E-state index contributed by atoms with van der Waals surface area (Å²) >= 11 is 4.84. The number of rotatable bonds is 2. The van der Waals surface area contributed by atoms with Gasteiger partial charge in [0.15, 0.2) is 0 Å². The minimum absolute atomic E-state index is 0.0851. The first-order chi connectivity index (χ1) is 9.15. The monoisotopic (exact) mass is 337 g/mol. The van der Waals surface area contributed by atoms with Crippen molar-refractivity contribution in [2.24, 2.45) is 0 Å². The van der Waals surface area contributed by atoms with Crippen LogP contribution < -0.4 is 5.56 Å². The summed E-state index contributed by atoms with van der Waals surface area (Å²) in [6, 6.07) is 8.42. The summed E-state index contributed by atoms with van der Waals surface area (Å²) in [4.78, 5) is 12.2. The Bertz CT molecular complexity index is 809. The van der Waals surface area contributed by atoms with Gasteiger partial charge in [-0.2, -0.15) is 0 Å². The highest BCUT2D eigenvalue weighted by molar-refractivity contribution is 9.10. The van der Waals surface area contributed by atoms with Crippen LogP contribution in [0.2, 0.25) is 0 Å². The van der Waals surface area contributed by atoms with Crippen LogP contribution in [0.25, 0.3) is 10.1 Å². The lowest BCUT2D eigenvalue weighted by Crippen LogP contribution is -2.19. The Morgan fingerprint density at radius 2 is 2.11 bits per heavy atom. The van der Waals surface area contributed by atoms with Crippen LogP contribution in [0.5, 0.6) is 0 Å². The van der Waals surface area contributed by atoms with E-state index in [-0.39, 0.29) is 17.9 Å². The van der Waals surface area contributed by atoms with Gasteiger partial charge < -0.3 is 4.57 Å². The van der Waals surface area contributed by atoms with Gasteiger partial charge in [0, 0.05) is 20.9 Å². The molecule has 0 aliphatic rings. The molecule has 3 aromatic rings. The number of hydrogen-bond acceptors (Lipinski definition) is 2. The fourth-order valence-electron chi connectivity index (χ4n) is 1.98. The highest BCUT2D eigenvalue weighted by Crippen LogP contribution is 2.18. The second-order valence-corrected chi connectivity index (χ2v) is 6.05. The standard InChI is InChI=1S/C14H9BrFNOS/c15-10-1-2-12(16)9(7-10)8-17-5-3-13-11(14(17)18)4-6-19-13/h1-7H,8H2. The number of aromatic nitrogens is 1. The smallest absolute Gasteiger partial charge is 0.259 e. The minimum atomic E-state index is -0.305. The zero-order chi connectivity index (χ0) is 13.4. The lowest BCUT2D eigenvalue weighted by Gasteiger charge is -2.07. The van der Waals surface area contributed by atoms with Crippen LogP contribution in [0.1, 0.15) is 5.56 Å². The molecule has 19 heavy (non-hydrogen) atoms. The van der Waals surface area contributed by atoms with E-state index in [0.717, 1.165) is 9.17 Å². The number of nitrogens with zero attached hydrogens (tertiary/aromatic N) is 1. The molecular formula is C14H9BrFNOS. The molecule has 0 aliphatic heterocycles. The molecule has 3 rings (SSSR count). The van der Waals surface area contributed by atoms with Crippen molar-refractivity contribution >= 4 is 37.4 Å². The van der Waals surface area contributed by atoms with E-state index in [9.17, 15) is 9.18 Å². The maximum atomic E-state index is 13.7. The zero-order valence-electron chi connectivity index (χ0n) is 9.77. The molecule has 96 valence electrons. The molecule has 2 nitrogen and oxygen atoms in total. The molecule has 0 spiro atoms. The van der Waals surface area contributed by atoms with E-state index in [1.54, 1.807) is 24.4 Å². The van der Waals surface area contributed by atoms with Gasteiger partial charge in [-0.1, -0.05) is 15.9 Å². The minimum Gasteiger partial charge on any atom is -0.310 e. The molecule has 0 saturated heterocycles.